The Bertz CT molecular complexity index is 386. The van der Waals surface area contributed by atoms with E-state index in [4.69, 9.17) is 4.74 Å². The Morgan fingerprint density at radius 3 is 2.57 bits per heavy atom. The van der Waals surface area contributed by atoms with Crippen molar-refractivity contribution >= 4 is 5.97 Å². The summed E-state index contributed by atoms with van der Waals surface area (Å²) in [5.74, 6) is 0.411. The van der Waals surface area contributed by atoms with Crippen molar-refractivity contribution in [2.24, 2.45) is 17.3 Å². The molecule has 21 heavy (non-hydrogen) atoms. The molecule has 0 aromatic heterocycles. The molecule has 3 atom stereocenters. The summed E-state index contributed by atoms with van der Waals surface area (Å²) in [6, 6.07) is 0. The smallest absolute Gasteiger partial charge is 0.309 e. The Morgan fingerprint density at radius 1 is 1.14 bits per heavy atom. The van der Waals surface area contributed by atoms with Crippen LogP contribution < -0.4 is 0 Å². The van der Waals surface area contributed by atoms with Crippen LogP contribution in [0.3, 0.4) is 0 Å². The summed E-state index contributed by atoms with van der Waals surface area (Å²) in [7, 11) is 0. The summed E-state index contributed by atoms with van der Waals surface area (Å²) in [4.78, 5) is 12.2. The lowest BCUT2D eigenvalue weighted by Crippen LogP contribution is -2.49. The molecule has 3 heteroatoms. The zero-order valence-corrected chi connectivity index (χ0v) is 13.4. The first kappa shape index (κ1) is 15.3. The third kappa shape index (κ3) is 2.74. The van der Waals surface area contributed by atoms with Crippen molar-refractivity contribution in [3.8, 4) is 0 Å². The average Bonchev–Trinajstić information content (AvgIpc) is 2.94. The maximum atomic E-state index is 12.2. The topological polar surface area (TPSA) is 46.5 Å². The summed E-state index contributed by atoms with van der Waals surface area (Å²) in [6.45, 7) is 2.99. The molecule has 1 saturated heterocycles. The second kappa shape index (κ2) is 5.91. The van der Waals surface area contributed by atoms with Gasteiger partial charge >= 0.3 is 5.97 Å². The van der Waals surface area contributed by atoms with Gasteiger partial charge in [-0.1, -0.05) is 39.0 Å². The second-order valence-electron chi connectivity index (χ2n) is 7.76. The van der Waals surface area contributed by atoms with Gasteiger partial charge in [0.15, 0.2) is 0 Å². The lowest BCUT2D eigenvalue weighted by Gasteiger charge is -2.48. The normalized spacial score (nSPS) is 39.5. The summed E-state index contributed by atoms with van der Waals surface area (Å²) < 4.78 is 6.13. The van der Waals surface area contributed by atoms with Crippen molar-refractivity contribution in [2.75, 3.05) is 6.61 Å². The van der Waals surface area contributed by atoms with Gasteiger partial charge in [-0.25, -0.2) is 0 Å². The molecule has 120 valence electrons. The van der Waals surface area contributed by atoms with E-state index < -0.39 is 11.4 Å². The van der Waals surface area contributed by atoms with Gasteiger partial charge in [0.1, 0.15) is 0 Å². The molecule has 1 heterocycles. The SMILES string of the molecule is CCC1CCCC(C(=O)O)(C2CCOC3(CCCC3)C2)C1. The van der Waals surface area contributed by atoms with Gasteiger partial charge in [0.05, 0.1) is 11.0 Å². The first-order chi connectivity index (χ1) is 10.1. The minimum atomic E-state index is -0.527. The van der Waals surface area contributed by atoms with Gasteiger partial charge < -0.3 is 9.84 Å². The minimum Gasteiger partial charge on any atom is -0.481 e. The van der Waals surface area contributed by atoms with Crippen LogP contribution >= 0.6 is 0 Å². The molecule has 3 rings (SSSR count). The van der Waals surface area contributed by atoms with Gasteiger partial charge in [0.2, 0.25) is 0 Å². The summed E-state index contributed by atoms with van der Waals surface area (Å²) in [5.41, 5.74) is -0.428. The number of hydrogen-bond acceptors (Lipinski definition) is 2. The monoisotopic (exact) mass is 294 g/mol. The van der Waals surface area contributed by atoms with Crippen LogP contribution in [-0.2, 0) is 9.53 Å². The highest BCUT2D eigenvalue weighted by Crippen LogP contribution is 2.53. The quantitative estimate of drug-likeness (QED) is 0.839. The van der Waals surface area contributed by atoms with E-state index in [1.54, 1.807) is 0 Å². The lowest BCUT2D eigenvalue weighted by atomic mass is 9.59. The van der Waals surface area contributed by atoms with E-state index in [1.165, 1.54) is 19.3 Å². The van der Waals surface area contributed by atoms with Gasteiger partial charge in [0.25, 0.3) is 0 Å². The Hall–Kier alpha value is -0.570. The van der Waals surface area contributed by atoms with E-state index in [2.05, 4.69) is 6.92 Å². The molecule has 3 unspecified atom stereocenters. The van der Waals surface area contributed by atoms with E-state index in [0.29, 0.717) is 11.8 Å². The van der Waals surface area contributed by atoms with Crippen molar-refractivity contribution < 1.29 is 14.6 Å². The molecule has 0 amide bonds. The Balaban J connectivity index is 1.81. The molecule has 2 aliphatic carbocycles. The molecule has 0 aromatic rings. The predicted molar refractivity (Wildman–Crippen MR) is 82.2 cm³/mol. The zero-order chi connectivity index (χ0) is 14.9. The third-order valence-corrected chi connectivity index (χ3v) is 6.68. The van der Waals surface area contributed by atoms with Gasteiger partial charge in [-0.15, -0.1) is 0 Å². The van der Waals surface area contributed by atoms with E-state index in [9.17, 15) is 9.90 Å². The van der Waals surface area contributed by atoms with Crippen LogP contribution in [0.5, 0.6) is 0 Å². The van der Waals surface area contributed by atoms with Crippen molar-refractivity contribution in [3.63, 3.8) is 0 Å². The highest BCUT2D eigenvalue weighted by Gasteiger charge is 2.52. The molecule has 3 aliphatic rings. The first-order valence-corrected chi connectivity index (χ1v) is 8.98. The third-order valence-electron chi connectivity index (χ3n) is 6.68. The number of carbonyl (C=O) groups is 1. The van der Waals surface area contributed by atoms with Gasteiger partial charge in [0, 0.05) is 6.61 Å². The number of carboxylic acids is 1. The van der Waals surface area contributed by atoms with Crippen LogP contribution in [0, 0.1) is 17.3 Å². The number of hydrogen-bond donors (Lipinski definition) is 1. The standard InChI is InChI=1S/C18H30O3/c1-2-14-6-5-10-18(12-14,16(19)20)15-7-11-21-17(13-15)8-3-4-9-17/h14-15H,2-13H2,1H3,(H,19,20). The second-order valence-corrected chi connectivity index (χ2v) is 7.76. The van der Waals surface area contributed by atoms with Crippen molar-refractivity contribution in [1.82, 2.24) is 0 Å². The summed E-state index contributed by atoms with van der Waals surface area (Å²) in [5, 5.41) is 10.0. The highest BCUT2D eigenvalue weighted by molar-refractivity contribution is 5.75. The molecule has 1 aliphatic heterocycles. The molecule has 1 spiro atoms. The molecule has 0 bridgehead atoms. The fourth-order valence-corrected chi connectivity index (χ4v) is 5.38. The van der Waals surface area contributed by atoms with Crippen LogP contribution in [0.1, 0.15) is 77.6 Å². The molecule has 1 N–H and O–H groups in total. The van der Waals surface area contributed by atoms with E-state index in [0.717, 1.165) is 58.0 Å². The zero-order valence-electron chi connectivity index (χ0n) is 13.4. The lowest BCUT2D eigenvalue weighted by molar-refractivity contribution is -0.169. The van der Waals surface area contributed by atoms with Crippen LogP contribution in [0.4, 0.5) is 0 Å². The van der Waals surface area contributed by atoms with Gasteiger partial charge in [-0.05, 0) is 50.4 Å². The Morgan fingerprint density at radius 2 is 1.90 bits per heavy atom. The molecular formula is C18H30O3. The molecule has 0 radical (unpaired) electrons. The first-order valence-electron chi connectivity index (χ1n) is 8.98. The number of carboxylic acid groups (broad SMARTS) is 1. The fourth-order valence-electron chi connectivity index (χ4n) is 5.38. The van der Waals surface area contributed by atoms with Crippen molar-refractivity contribution in [1.29, 1.82) is 0 Å². The summed E-state index contributed by atoms with van der Waals surface area (Å²) >= 11 is 0. The van der Waals surface area contributed by atoms with E-state index >= 15 is 0 Å². The maximum absolute atomic E-state index is 12.2. The van der Waals surface area contributed by atoms with Crippen molar-refractivity contribution in [3.05, 3.63) is 0 Å². The van der Waals surface area contributed by atoms with Crippen LogP contribution in [0.15, 0.2) is 0 Å². The molecule has 2 saturated carbocycles. The molecule has 0 aromatic carbocycles. The average molecular weight is 294 g/mol. The van der Waals surface area contributed by atoms with E-state index in [-0.39, 0.29) is 5.60 Å². The van der Waals surface area contributed by atoms with Gasteiger partial charge in [-0.3, -0.25) is 4.79 Å². The van der Waals surface area contributed by atoms with Gasteiger partial charge in [-0.2, -0.15) is 0 Å². The highest BCUT2D eigenvalue weighted by atomic mass is 16.5. The molecule has 3 nitrogen and oxygen atoms in total. The number of ether oxygens (including phenoxy) is 1. The minimum absolute atomic E-state index is 0.0323. The predicted octanol–water partition coefficient (Wildman–Crippen LogP) is 4.40. The fraction of sp³-hybridized carbons (Fsp3) is 0.944. The number of rotatable bonds is 3. The van der Waals surface area contributed by atoms with Crippen LogP contribution in [0.25, 0.3) is 0 Å². The summed E-state index contributed by atoms with van der Waals surface area (Å²) in [6.07, 6.45) is 12.0. The van der Waals surface area contributed by atoms with Crippen LogP contribution in [0.2, 0.25) is 0 Å². The van der Waals surface area contributed by atoms with Crippen LogP contribution in [-0.4, -0.2) is 23.3 Å². The van der Waals surface area contributed by atoms with E-state index in [1.807, 2.05) is 0 Å². The maximum Gasteiger partial charge on any atom is 0.309 e. The molecular weight excluding hydrogens is 264 g/mol. The Labute approximate surface area is 128 Å². The number of aliphatic carboxylic acids is 1. The Kier molecular flexibility index (Phi) is 4.31. The van der Waals surface area contributed by atoms with Crippen molar-refractivity contribution in [2.45, 2.75) is 83.2 Å². The largest absolute Gasteiger partial charge is 0.481 e. The molecule has 3 fully saturated rings.